The Balaban J connectivity index is 0.000000942. The smallest absolute Gasteiger partial charge is 0.194 e. The predicted molar refractivity (Wildman–Crippen MR) is 188 cm³/mol. The zero-order chi connectivity index (χ0) is 50.4. The van der Waals surface area contributed by atoms with E-state index in [0.717, 1.165) is 5.56 Å². The lowest BCUT2D eigenvalue weighted by molar-refractivity contribution is -0.144. The Labute approximate surface area is 357 Å². The molecule has 0 aromatic heterocycles. The summed E-state index contributed by atoms with van der Waals surface area (Å²) in [5.74, 6) is 0.570. The van der Waals surface area contributed by atoms with Gasteiger partial charge in [-0.1, -0.05) is 78.9 Å². The van der Waals surface area contributed by atoms with Crippen molar-refractivity contribution < 1.29 is 110 Å². The number of hydrogen-bond donors (Lipinski definition) is 0. The van der Waals surface area contributed by atoms with Crippen molar-refractivity contribution in [3.05, 3.63) is 153 Å². The Morgan fingerprint density at radius 2 is 0.485 bits per heavy atom. The molecule has 358 valence electrons. The fourth-order valence-corrected chi connectivity index (χ4v) is 7.04. The molecule has 0 amide bonds. The van der Waals surface area contributed by atoms with Crippen molar-refractivity contribution in [3.8, 4) is 0 Å². The molecule has 0 bridgehead atoms. The van der Waals surface area contributed by atoms with Crippen LogP contribution in [0.3, 0.4) is 0 Å². The van der Waals surface area contributed by atoms with E-state index in [4.69, 9.17) is 0 Å². The number of rotatable bonds is 6. The van der Waals surface area contributed by atoms with Crippen LogP contribution in [0.1, 0.15) is 50.1 Å². The monoisotopic (exact) mass is 1000 g/mol. The van der Waals surface area contributed by atoms with Crippen LogP contribution in [0.25, 0.3) is 0 Å². The van der Waals surface area contributed by atoms with Gasteiger partial charge in [0, 0.05) is 9.77 Å². The zero-order valence-corrected chi connectivity index (χ0v) is 32.3. The first-order valence-electron chi connectivity index (χ1n) is 17.3. The first-order valence-corrected chi connectivity index (χ1v) is 18.2. The predicted octanol–water partition coefficient (Wildman–Crippen LogP) is 12.8. The maximum absolute atomic E-state index is 14.2. The van der Waals surface area contributed by atoms with E-state index in [1.54, 1.807) is 0 Å². The van der Waals surface area contributed by atoms with Gasteiger partial charge in [-0.05, 0) is 24.3 Å². The van der Waals surface area contributed by atoms with Crippen molar-refractivity contribution in [1.29, 1.82) is 0 Å². The van der Waals surface area contributed by atoms with Gasteiger partial charge in [0.25, 0.3) is 5.75 Å². The standard InChI is InChI=1S/C32H12BF24.C7H7OS/c34-25(35,36)13-1-14(26(37,38)39)6-21(5-13)33(22-7-15(27(40,41)42)2-16(8-22)28(43,44)45,23-9-17(29(46,47)48)3-18(10-23)30(49,50)51)24-11-19(31(52,53)54)4-20(12-24)32(55,56)57;8-9-6-7-4-2-1-3-5-7/h1-12H;1-5H,6H2/q-1;+1. The first-order chi connectivity index (χ1) is 29.7. The lowest BCUT2D eigenvalue weighted by Crippen LogP contribution is -2.75. The van der Waals surface area contributed by atoms with Gasteiger partial charge in [0.1, 0.15) is 6.15 Å². The van der Waals surface area contributed by atoms with Crippen LogP contribution in [0, 0.1) is 0 Å². The highest BCUT2D eigenvalue weighted by Crippen LogP contribution is 2.41. The second kappa shape index (κ2) is 18.0. The van der Waals surface area contributed by atoms with Gasteiger partial charge in [-0.15, -0.1) is 0 Å². The van der Waals surface area contributed by atoms with E-state index >= 15 is 0 Å². The highest BCUT2D eigenvalue weighted by molar-refractivity contribution is 7.64. The molecule has 27 heteroatoms. The molecule has 5 aromatic rings. The average molecular weight is 1000 g/mol. The molecule has 0 radical (unpaired) electrons. The van der Waals surface area contributed by atoms with Crippen LogP contribution in [-0.2, 0) is 71.0 Å². The molecule has 0 atom stereocenters. The fraction of sp³-hybridized carbons (Fsp3) is 0.231. The quantitative estimate of drug-likeness (QED) is 0.0941. The molecule has 66 heavy (non-hydrogen) atoms. The van der Waals surface area contributed by atoms with Crippen LogP contribution in [0.2, 0.25) is 0 Å². The Morgan fingerprint density at radius 3 is 0.636 bits per heavy atom. The van der Waals surface area contributed by atoms with Gasteiger partial charge in [0.2, 0.25) is 0 Å². The van der Waals surface area contributed by atoms with Crippen LogP contribution >= 0.6 is 0 Å². The van der Waals surface area contributed by atoms with Crippen LogP contribution in [-0.4, -0.2) is 6.15 Å². The SMILES string of the molecule is FC(F)(F)c1cc([B-](c2cc(C(F)(F)F)cc(C(F)(F)F)c2)(c2cc(C(F)(F)F)cc(C(F)(F)F)c2)c2cc(C(F)(F)F)cc(C(F)(F)F)c2)cc(C(F)(F)F)c1.O=[S+]Cc1ccccc1. The molecular formula is C39H19BF24OS. The summed E-state index contributed by atoms with van der Waals surface area (Å²) in [6.07, 6.45) is -54.8. The Hall–Kier alpha value is -5.50. The summed E-state index contributed by atoms with van der Waals surface area (Å²) in [5.41, 5.74) is -29.1. The molecular weight excluding hydrogens is 983 g/mol. The summed E-state index contributed by atoms with van der Waals surface area (Å²) < 4.78 is 351. The topological polar surface area (TPSA) is 17.1 Å². The second-order valence-corrected chi connectivity index (χ2v) is 14.5. The maximum Gasteiger partial charge on any atom is 0.463 e. The molecule has 0 N–H and O–H groups in total. The molecule has 0 spiro atoms. The average Bonchev–Trinajstić information content (AvgIpc) is 3.16. The van der Waals surface area contributed by atoms with Crippen LogP contribution < -0.4 is 21.9 Å². The van der Waals surface area contributed by atoms with Crippen molar-refractivity contribution in [2.45, 2.75) is 55.2 Å². The van der Waals surface area contributed by atoms with Gasteiger partial charge in [-0.3, -0.25) is 0 Å². The van der Waals surface area contributed by atoms with E-state index in [1.807, 2.05) is 30.3 Å². The van der Waals surface area contributed by atoms with E-state index < -0.39 is 195 Å². The minimum Gasteiger partial charge on any atom is -0.194 e. The summed E-state index contributed by atoms with van der Waals surface area (Å²) in [4.78, 5) is 0. The largest absolute Gasteiger partial charge is 0.463 e. The van der Waals surface area contributed by atoms with E-state index in [0.29, 0.717) is 17.4 Å². The third kappa shape index (κ3) is 12.3. The third-order valence-electron chi connectivity index (χ3n) is 9.51. The number of benzene rings is 5. The summed E-state index contributed by atoms with van der Waals surface area (Å²) >= 11 is 0.605. The zero-order valence-electron chi connectivity index (χ0n) is 31.5. The second-order valence-electron chi connectivity index (χ2n) is 14.0. The van der Waals surface area contributed by atoms with Gasteiger partial charge < -0.3 is 0 Å². The molecule has 0 unspecified atom stereocenters. The van der Waals surface area contributed by atoms with Crippen LogP contribution in [0.5, 0.6) is 0 Å². The van der Waals surface area contributed by atoms with Crippen molar-refractivity contribution in [1.82, 2.24) is 0 Å². The van der Waals surface area contributed by atoms with Crippen molar-refractivity contribution in [3.63, 3.8) is 0 Å². The third-order valence-corrected chi connectivity index (χ3v) is 9.96. The minimum absolute atomic E-state index is 0.570. The van der Waals surface area contributed by atoms with E-state index in [1.165, 1.54) is 0 Å². The summed E-state index contributed by atoms with van der Waals surface area (Å²) in [5, 5.41) is 0. The molecule has 0 aliphatic carbocycles. The molecule has 1 nitrogen and oxygen atoms in total. The molecule has 0 aliphatic heterocycles. The first kappa shape index (κ1) is 53.1. The Morgan fingerprint density at radius 1 is 0.303 bits per heavy atom. The van der Waals surface area contributed by atoms with E-state index in [2.05, 4.69) is 0 Å². The van der Waals surface area contributed by atoms with Crippen molar-refractivity contribution >= 4 is 39.7 Å². The van der Waals surface area contributed by atoms with Gasteiger partial charge in [-0.2, -0.15) is 127 Å². The summed E-state index contributed by atoms with van der Waals surface area (Å²) in [7, 11) is 0. The highest BCUT2D eigenvalue weighted by atomic mass is 32.1. The highest BCUT2D eigenvalue weighted by Gasteiger charge is 2.47. The normalized spacial score (nSPS) is 13.6. The molecule has 0 aliphatic rings. The van der Waals surface area contributed by atoms with Gasteiger partial charge in [0.15, 0.2) is 0 Å². The van der Waals surface area contributed by atoms with Crippen LogP contribution in [0.4, 0.5) is 105 Å². The molecule has 0 fully saturated rings. The Kier molecular flexibility index (Phi) is 14.5. The molecule has 0 saturated carbocycles. The van der Waals surface area contributed by atoms with Crippen LogP contribution in [0.15, 0.2) is 103 Å². The lowest BCUT2D eigenvalue weighted by atomic mass is 9.12. The van der Waals surface area contributed by atoms with Gasteiger partial charge in [-0.25, -0.2) is 0 Å². The molecule has 0 heterocycles. The number of hydrogen-bond acceptors (Lipinski definition) is 1. The van der Waals surface area contributed by atoms with Crippen molar-refractivity contribution in [2.24, 2.45) is 0 Å². The van der Waals surface area contributed by atoms with Gasteiger partial charge in [0.05, 0.1) is 44.5 Å². The van der Waals surface area contributed by atoms with E-state index in [9.17, 15) is 110 Å². The van der Waals surface area contributed by atoms with Gasteiger partial charge >= 0.3 is 61.1 Å². The summed E-state index contributed by atoms with van der Waals surface area (Å²) in [6.45, 7) is 0. The molecule has 5 rings (SSSR count). The van der Waals surface area contributed by atoms with E-state index in [-0.39, 0.29) is 0 Å². The molecule has 5 aromatic carbocycles. The minimum atomic E-state index is -6.13. The fourth-order valence-electron chi connectivity index (χ4n) is 6.71. The molecule has 0 saturated heterocycles. The maximum atomic E-state index is 14.2. The summed E-state index contributed by atoms with van der Waals surface area (Å²) in [6, 6.07) is 0.904. The van der Waals surface area contributed by atoms with Crippen molar-refractivity contribution in [2.75, 3.05) is 0 Å². The lowest BCUT2D eigenvalue weighted by Gasteiger charge is -2.46. The number of alkyl halides is 24. The number of halogens is 24. The Bertz CT molecular complexity index is 2090.